The van der Waals surface area contributed by atoms with Crippen LogP contribution in [0.1, 0.15) is 11.1 Å². The van der Waals surface area contributed by atoms with Crippen LogP contribution >= 0.6 is 15.9 Å². The predicted octanol–water partition coefficient (Wildman–Crippen LogP) is 4.11. The lowest BCUT2D eigenvalue weighted by atomic mass is 10.2. The third-order valence-electron chi connectivity index (χ3n) is 4.52. The number of nitrogens with one attached hydrogen (secondary N) is 1. The molecule has 0 saturated carbocycles. The molecule has 0 atom stereocenters. The van der Waals surface area contributed by atoms with Gasteiger partial charge in [0, 0.05) is 0 Å². The van der Waals surface area contributed by atoms with Gasteiger partial charge in [-0.15, -0.1) is 0 Å². The SMILES string of the molecule is COc1ccc(S(=O)(=O)N(CC(=O)N/N=C/c2ccccc2)c2ccc(C)cc2)cc1Br. The number of anilines is 1. The molecule has 3 aromatic rings. The Labute approximate surface area is 195 Å². The van der Waals surface area contributed by atoms with Crippen molar-refractivity contribution < 1.29 is 17.9 Å². The summed E-state index contributed by atoms with van der Waals surface area (Å²) in [5.74, 6) is -0.0762. The Morgan fingerprint density at radius 1 is 1.09 bits per heavy atom. The fraction of sp³-hybridized carbons (Fsp3) is 0.130. The molecule has 0 aromatic heterocycles. The van der Waals surface area contributed by atoms with Gasteiger partial charge in [-0.1, -0.05) is 48.0 Å². The van der Waals surface area contributed by atoms with Crippen LogP contribution in [0.15, 0.2) is 87.3 Å². The van der Waals surface area contributed by atoms with Gasteiger partial charge >= 0.3 is 0 Å². The summed E-state index contributed by atoms with van der Waals surface area (Å²) in [7, 11) is -2.56. The minimum atomic E-state index is -4.05. The molecule has 3 aromatic carbocycles. The van der Waals surface area contributed by atoms with E-state index in [0.29, 0.717) is 15.9 Å². The highest BCUT2D eigenvalue weighted by molar-refractivity contribution is 9.10. The lowest BCUT2D eigenvalue weighted by molar-refractivity contribution is -0.119. The van der Waals surface area contributed by atoms with Crippen molar-refractivity contribution in [2.75, 3.05) is 18.0 Å². The molecular weight excluding hydrogens is 494 g/mol. The van der Waals surface area contributed by atoms with Crippen molar-refractivity contribution in [1.29, 1.82) is 0 Å². The van der Waals surface area contributed by atoms with E-state index in [0.717, 1.165) is 15.4 Å². The van der Waals surface area contributed by atoms with Crippen molar-refractivity contribution in [1.82, 2.24) is 5.43 Å². The van der Waals surface area contributed by atoms with Gasteiger partial charge in [0.25, 0.3) is 15.9 Å². The summed E-state index contributed by atoms with van der Waals surface area (Å²) < 4.78 is 33.6. The molecule has 0 radical (unpaired) electrons. The Kier molecular flexibility index (Phi) is 7.66. The molecule has 0 fully saturated rings. The first kappa shape index (κ1) is 23.5. The minimum absolute atomic E-state index is 0.0198. The molecule has 0 bridgehead atoms. The van der Waals surface area contributed by atoms with Crippen LogP contribution in [0.3, 0.4) is 0 Å². The molecule has 9 heteroatoms. The van der Waals surface area contributed by atoms with Crippen molar-refractivity contribution in [2.45, 2.75) is 11.8 Å². The predicted molar refractivity (Wildman–Crippen MR) is 129 cm³/mol. The molecule has 7 nitrogen and oxygen atoms in total. The first-order valence-electron chi connectivity index (χ1n) is 9.61. The molecule has 166 valence electrons. The molecule has 0 aliphatic carbocycles. The number of nitrogens with zero attached hydrogens (tertiary/aromatic N) is 2. The van der Waals surface area contributed by atoms with Crippen LogP contribution in [-0.4, -0.2) is 34.2 Å². The van der Waals surface area contributed by atoms with Gasteiger partial charge in [-0.25, -0.2) is 13.8 Å². The van der Waals surface area contributed by atoms with Gasteiger partial charge in [-0.05, 0) is 58.7 Å². The van der Waals surface area contributed by atoms with E-state index in [4.69, 9.17) is 4.74 Å². The zero-order chi connectivity index (χ0) is 23.1. The van der Waals surface area contributed by atoms with Crippen LogP contribution in [-0.2, 0) is 14.8 Å². The van der Waals surface area contributed by atoms with Gasteiger partial charge in [0.15, 0.2) is 0 Å². The van der Waals surface area contributed by atoms with Gasteiger partial charge in [-0.3, -0.25) is 9.10 Å². The average Bonchev–Trinajstić information content (AvgIpc) is 2.79. The summed E-state index contributed by atoms with van der Waals surface area (Å²) in [4.78, 5) is 12.6. The molecule has 0 aliphatic rings. The lowest BCUT2D eigenvalue weighted by Crippen LogP contribution is -2.39. The molecule has 32 heavy (non-hydrogen) atoms. The summed E-state index contributed by atoms with van der Waals surface area (Å²) in [5.41, 5.74) is 4.53. The molecule has 0 spiro atoms. The quantitative estimate of drug-likeness (QED) is 0.361. The second kappa shape index (κ2) is 10.4. The number of hydrogen-bond acceptors (Lipinski definition) is 5. The molecule has 1 amide bonds. The van der Waals surface area contributed by atoms with E-state index in [2.05, 4.69) is 26.5 Å². The number of aryl methyl sites for hydroxylation is 1. The van der Waals surface area contributed by atoms with Gasteiger partial charge in [0.1, 0.15) is 12.3 Å². The van der Waals surface area contributed by atoms with E-state index in [1.54, 1.807) is 30.3 Å². The van der Waals surface area contributed by atoms with Gasteiger partial charge in [-0.2, -0.15) is 5.10 Å². The van der Waals surface area contributed by atoms with Crippen molar-refractivity contribution >= 4 is 43.8 Å². The van der Waals surface area contributed by atoms with Crippen LogP contribution in [0, 0.1) is 6.92 Å². The van der Waals surface area contributed by atoms with Crippen LogP contribution in [0.4, 0.5) is 5.69 Å². The summed E-state index contributed by atoms with van der Waals surface area (Å²) in [6, 6.07) is 20.6. The van der Waals surface area contributed by atoms with Crippen molar-refractivity contribution in [2.24, 2.45) is 5.10 Å². The molecule has 0 aliphatic heterocycles. The third-order valence-corrected chi connectivity index (χ3v) is 6.91. The van der Waals surface area contributed by atoms with Gasteiger partial charge in [0.2, 0.25) is 0 Å². The number of hydrazone groups is 1. The minimum Gasteiger partial charge on any atom is -0.496 e. The Bertz CT molecular complexity index is 1210. The fourth-order valence-corrected chi connectivity index (χ4v) is 4.98. The highest BCUT2D eigenvalue weighted by Gasteiger charge is 2.28. The number of amides is 1. The topological polar surface area (TPSA) is 88.1 Å². The Morgan fingerprint density at radius 3 is 2.41 bits per heavy atom. The number of benzene rings is 3. The Hall–Kier alpha value is -3.17. The van der Waals surface area contributed by atoms with E-state index in [1.165, 1.54) is 25.5 Å². The third kappa shape index (κ3) is 5.74. The number of ether oxygens (including phenoxy) is 1. The summed E-state index contributed by atoms with van der Waals surface area (Å²) in [6.07, 6.45) is 1.49. The van der Waals surface area contributed by atoms with Gasteiger partial charge < -0.3 is 4.74 Å². The largest absolute Gasteiger partial charge is 0.496 e. The van der Waals surface area contributed by atoms with Crippen LogP contribution in [0.5, 0.6) is 5.75 Å². The molecule has 1 N–H and O–H groups in total. The fourth-order valence-electron chi connectivity index (χ4n) is 2.84. The second-order valence-corrected chi connectivity index (χ2v) is 9.56. The number of carbonyl (C=O) groups is 1. The standard InChI is InChI=1S/C23H22BrN3O4S/c1-17-8-10-19(11-9-17)27(16-23(28)26-25-15-18-6-4-3-5-7-18)32(29,30)20-12-13-22(31-2)21(24)14-20/h3-15H,16H2,1-2H3,(H,26,28)/b25-15+. The van der Waals surface area contributed by atoms with Crippen LogP contribution < -0.4 is 14.5 Å². The van der Waals surface area contributed by atoms with Crippen molar-refractivity contribution in [3.05, 3.63) is 88.4 Å². The normalized spacial score (nSPS) is 11.3. The smallest absolute Gasteiger partial charge is 0.264 e. The molecular formula is C23H22BrN3O4S. The van der Waals surface area contributed by atoms with Crippen molar-refractivity contribution in [3.8, 4) is 5.75 Å². The zero-order valence-corrected chi connectivity index (χ0v) is 19.9. The molecule has 3 rings (SSSR count). The summed E-state index contributed by atoms with van der Waals surface area (Å²) in [5, 5.41) is 3.92. The number of carbonyl (C=O) groups excluding carboxylic acids is 1. The number of rotatable bonds is 8. The first-order valence-corrected chi connectivity index (χ1v) is 11.8. The number of halogens is 1. The van der Waals surface area contributed by atoms with E-state index in [1.807, 2.05) is 37.3 Å². The summed E-state index contributed by atoms with van der Waals surface area (Å²) in [6.45, 7) is 1.45. The van der Waals surface area contributed by atoms with E-state index >= 15 is 0 Å². The maximum Gasteiger partial charge on any atom is 0.264 e. The maximum atomic E-state index is 13.4. The molecule has 0 unspecified atom stereocenters. The number of hydrogen-bond donors (Lipinski definition) is 1. The second-order valence-electron chi connectivity index (χ2n) is 6.85. The van der Waals surface area contributed by atoms with E-state index < -0.39 is 22.5 Å². The molecule has 0 saturated heterocycles. The summed E-state index contributed by atoms with van der Waals surface area (Å²) >= 11 is 3.32. The lowest BCUT2D eigenvalue weighted by Gasteiger charge is -2.24. The van der Waals surface area contributed by atoms with E-state index in [-0.39, 0.29) is 4.90 Å². The average molecular weight is 516 g/mol. The zero-order valence-electron chi connectivity index (χ0n) is 17.5. The van der Waals surface area contributed by atoms with E-state index in [9.17, 15) is 13.2 Å². The first-order chi connectivity index (χ1) is 15.3. The van der Waals surface area contributed by atoms with Crippen LogP contribution in [0.2, 0.25) is 0 Å². The Morgan fingerprint density at radius 2 is 1.78 bits per heavy atom. The van der Waals surface area contributed by atoms with Gasteiger partial charge in [0.05, 0.1) is 28.4 Å². The molecule has 0 heterocycles. The van der Waals surface area contributed by atoms with Crippen LogP contribution in [0.25, 0.3) is 0 Å². The highest BCUT2D eigenvalue weighted by atomic mass is 79.9. The monoisotopic (exact) mass is 515 g/mol. The maximum absolute atomic E-state index is 13.4. The number of sulfonamides is 1. The number of methoxy groups -OCH3 is 1. The van der Waals surface area contributed by atoms with Crippen molar-refractivity contribution in [3.63, 3.8) is 0 Å². The highest BCUT2D eigenvalue weighted by Crippen LogP contribution is 2.30. The Balaban J connectivity index is 1.88.